The quantitative estimate of drug-likeness (QED) is 0.757. The molecule has 132 valence electrons. The summed E-state index contributed by atoms with van der Waals surface area (Å²) in [6.45, 7) is 0.451. The van der Waals surface area contributed by atoms with E-state index >= 15 is 0 Å². The second-order valence-corrected chi connectivity index (χ2v) is 6.26. The molecule has 0 fully saturated rings. The second-order valence-electron chi connectivity index (χ2n) is 5.27. The molecule has 25 heavy (non-hydrogen) atoms. The van der Waals surface area contributed by atoms with E-state index in [0.717, 1.165) is 5.56 Å². The van der Waals surface area contributed by atoms with Crippen molar-refractivity contribution in [3.63, 3.8) is 0 Å². The van der Waals surface area contributed by atoms with Crippen LogP contribution in [0.4, 0.5) is 14.5 Å². The molecule has 0 aromatic heterocycles. The van der Waals surface area contributed by atoms with Crippen LogP contribution in [-0.2, 0) is 16.0 Å². The largest absolute Gasteiger partial charge is 0.355 e. The molecular weight excluding hydrogens is 346 g/mol. The number of hydrogen-bond donors (Lipinski definition) is 2. The first-order valence-electron chi connectivity index (χ1n) is 7.67. The molecule has 7 heteroatoms. The highest BCUT2D eigenvalue weighted by molar-refractivity contribution is 8.00. The molecule has 0 atom stereocenters. The number of rotatable bonds is 8. The summed E-state index contributed by atoms with van der Waals surface area (Å²) in [5, 5.41) is 5.37. The fraction of sp³-hybridized carbons (Fsp3) is 0.222. The molecule has 0 aliphatic heterocycles. The molecule has 0 aliphatic rings. The zero-order valence-electron chi connectivity index (χ0n) is 13.4. The first-order chi connectivity index (χ1) is 12.0. The first-order valence-corrected chi connectivity index (χ1v) is 8.83. The van der Waals surface area contributed by atoms with Gasteiger partial charge in [0.25, 0.3) is 0 Å². The van der Waals surface area contributed by atoms with E-state index in [-0.39, 0.29) is 35.0 Å². The van der Waals surface area contributed by atoms with E-state index in [4.69, 9.17) is 0 Å². The van der Waals surface area contributed by atoms with Gasteiger partial charge in [-0.15, -0.1) is 11.8 Å². The maximum Gasteiger partial charge on any atom is 0.234 e. The Morgan fingerprint density at radius 1 is 0.840 bits per heavy atom. The number of benzene rings is 2. The van der Waals surface area contributed by atoms with Crippen LogP contribution in [0.3, 0.4) is 0 Å². The van der Waals surface area contributed by atoms with Gasteiger partial charge in [0.15, 0.2) is 0 Å². The van der Waals surface area contributed by atoms with Crippen LogP contribution in [0, 0.1) is 11.6 Å². The van der Waals surface area contributed by atoms with Gasteiger partial charge in [0.05, 0.1) is 11.5 Å². The Bertz CT molecular complexity index is 706. The van der Waals surface area contributed by atoms with E-state index in [1.165, 1.54) is 48.2 Å². The second kappa shape index (κ2) is 9.78. The highest BCUT2D eigenvalue weighted by Gasteiger charge is 2.06. The number of nitrogens with one attached hydrogen (secondary N) is 2. The van der Waals surface area contributed by atoms with E-state index in [1.54, 1.807) is 12.1 Å². The van der Waals surface area contributed by atoms with Gasteiger partial charge in [-0.3, -0.25) is 9.59 Å². The molecule has 2 aromatic rings. The van der Waals surface area contributed by atoms with Crippen LogP contribution in [0.15, 0.2) is 48.5 Å². The standard InChI is InChI=1S/C18H18F2N2O2S/c19-14-3-1-13(2-4-14)9-10-21-17(23)11-25-12-18(24)22-16-7-5-15(20)6-8-16/h1-8H,9-12H2,(H,21,23)(H,22,24). The predicted molar refractivity (Wildman–Crippen MR) is 95.5 cm³/mol. The summed E-state index contributed by atoms with van der Waals surface area (Å²) in [5.74, 6) is -0.784. The molecule has 0 spiro atoms. The Hall–Kier alpha value is -2.41. The van der Waals surface area contributed by atoms with Crippen molar-refractivity contribution >= 4 is 29.3 Å². The smallest absolute Gasteiger partial charge is 0.234 e. The Kier molecular flexibility index (Phi) is 7.40. The van der Waals surface area contributed by atoms with E-state index < -0.39 is 0 Å². The minimum atomic E-state index is -0.371. The SMILES string of the molecule is O=C(CSCC(=O)Nc1ccc(F)cc1)NCCc1ccc(F)cc1. The summed E-state index contributed by atoms with van der Waals surface area (Å²) >= 11 is 1.19. The lowest BCUT2D eigenvalue weighted by molar-refractivity contribution is -0.118. The molecule has 0 saturated heterocycles. The van der Waals surface area contributed by atoms with E-state index in [1.807, 2.05) is 0 Å². The van der Waals surface area contributed by atoms with Gasteiger partial charge in [-0.2, -0.15) is 0 Å². The zero-order chi connectivity index (χ0) is 18.1. The third kappa shape index (κ3) is 7.34. The van der Waals surface area contributed by atoms with Crippen molar-refractivity contribution in [2.24, 2.45) is 0 Å². The summed E-state index contributed by atoms with van der Waals surface area (Å²) in [7, 11) is 0. The van der Waals surface area contributed by atoms with Crippen molar-refractivity contribution in [1.82, 2.24) is 5.32 Å². The molecule has 2 N–H and O–H groups in total. The average molecular weight is 364 g/mol. The van der Waals surface area contributed by atoms with Crippen LogP contribution in [0.1, 0.15) is 5.56 Å². The molecule has 0 aliphatic carbocycles. The third-order valence-electron chi connectivity index (χ3n) is 3.24. The number of carbonyl (C=O) groups excluding carboxylic acids is 2. The van der Waals surface area contributed by atoms with Gasteiger partial charge in [0.1, 0.15) is 11.6 Å². The van der Waals surface area contributed by atoms with Crippen molar-refractivity contribution in [3.8, 4) is 0 Å². The predicted octanol–water partition coefficient (Wildman–Crippen LogP) is 3.00. The van der Waals surface area contributed by atoms with E-state index in [0.29, 0.717) is 18.7 Å². The monoisotopic (exact) mass is 364 g/mol. The zero-order valence-corrected chi connectivity index (χ0v) is 14.2. The number of hydrogen-bond acceptors (Lipinski definition) is 3. The van der Waals surface area contributed by atoms with Crippen LogP contribution in [0.2, 0.25) is 0 Å². The van der Waals surface area contributed by atoms with E-state index in [2.05, 4.69) is 10.6 Å². The number of anilines is 1. The molecule has 0 heterocycles. The maximum absolute atomic E-state index is 12.8. The summed E-state index contributed by atoms with van der Waals surface area (Å²) in [6.07, 6.45) is 0.613. The summed E-state index contributed by atoms with van der Waals surface area (Å²) in [5.41, 5.74) is 1.45. The summed E-state index contributed by atoms with van der Waals surface area (Å²) < 4.78 is 25.5. The maximum atomic E-state index is 12.8. The van der Waals surface area contributed by atoms with Crippen molar-refractivity contribution < 1.29 is 18.4 Å². The average Bonchev–Trinajstić information content (AvgIpc) is 2.59. The Morgan fingerprint density at radius 3 is 2.04 bits per heavy atom. The van der Waals surface area contributed by atoms with Crippen molar-refractivity contribution in [3.05, 3.63) is 65.7 Å². The Balaban J connectivity index is 1.59. The van der Waals surface area contributed by atoms with Crippen LogP contribution in [0.5, 0.6) is 0 Å². The van der Waals surface area contributed by atoms with Gasteiger partial charge in [0.2, 0.25) is 11.8 Å². The molecule has 2 amide bonds. The lowest BCUT2D eigenvalue weighted by Crippen LogP contribution is -2.28. The third-order valence-corrected chi connectivity index (χ3v) is 4.18. The van der Waals surface area contributed by atoms with Crippen molar-refractivity contribution in [2.75, 3.05) is 23.4 Å². The van der Waals surface area contributed by atoms with Gasteiger partial charge in [-0.05, 0) is 48.4 Å². The normalized spacial score (nSPS) is 10.3. The Labute approximate surface area is 149 Å². The topological polar surface area (TPSA) is 58.2 Å². The molecule has 2 rings (SSSR count). The number of thioether (sulfide) groups is 1. The molecule has 0 unspecified atom stereocenters. The molecule has 0 radical (unpaired) electrons. The minimum Gasteiger partial charge on any atom is -0.355 e. The lowest BCUT2D eigenvalue weighted by atomic mass is 10.1. The number of halogens is 2. The van der Waals surface area contributed by atoms with Crippen LogP contribution < -0.4 is 10.6 Å². The van der Waals surface area contributed by atoms with Gasteiger partial charge >= 0.3 is 0 Å². The highest BCUT2D eigenvalue weighted by Crippen LogP contribution is 2.09. The van der Waals surface area contributed by atoms with Gasteiger partial charge in [-0.25, -0.2) is 8.78 Å². The number of carbonyl (C=O) groups is 2. The minimum absolute atomic E-state index is 0.128. The van der Waals surface area contributed by atoms with Gasteiger partial charge < -0.3 is 10.6 Å². The first kappa shape index (κ1) is 18.9. The van der Waals surface area contributed by atoms with Crippen molar-refractivity contribution in [2.45, 2.75) is 6.42 Å². The molecule has 0 bridgehead atoms. The van der Waals surface area contributed by atoms with Crippen LogP contribution in [0.25, 0.3) is 0 Å². The van der Waals surface area contributed by atoms with Crippen LogP contribution in [-0.4, -0.2) is 29.9 Å². The van der Waals surface area contributed by atoms with Gasteiger partial charge in [-0.1, -0.05) is 12.1 Å². The van der Waals surface area contributed by atoms with Gasteiger partial charge in [0, 0.05) is 12.2 Å². The lowest BCUT2D eigenvalue weighted by Gasteiger charge is -2.06. The fourth-order valence-corrected chi connectivity index (χ4v) is 2.66. The summed E-state index contributed by atoms with van der Waals surface area (Å²) in [6, 6.07) is 11.6. The molecule has 4 nitrogen and oxygen atoms in total. The van der Waals surface area contributed by atoms with Crippen molar-refractivity contribution in [1.29, 1.82) is 0 Å². The highest BCUT2D eigenvalue weighted by atomic mass is 32.2. The molecule has 0 saturated carbocycles. The molecule has 2 aromatic carbocycles. The fourth-order valence-electron chi connectivity index (χ4n) is 2.02. The number of amides is 2. The molecular formula is C18H18F2N2O2S. The van der Waals surface area contributed by atoms with E-state index in [9.17, 15) is 18.4 Å². The summed E-state index contributed by atoms with van der Waals surface area (Å²) in [4.78, 5) is 23.4. The van der Waals surface area contributed by atoms with Crippen LogP contribution >= 0.6 is 11.8 Å². The Morgan fingerprint density at radius 2 is 1.40 bits per heavy atom.